The van der Waals surface area contributed by atoms with Gasteiger partial charge in [0.2, 0.25) is 0 Å². The SMILES string of the molecule is CC1=C(C)CC(c2cccc(C(F)(F)F)c2)(c2cccc(C(F)(F)F)c2)[Se]C1. The molecule has 2 aromatic rings. The molecule has 0 aliphatic carbocycles. The summed E-state index contributed by atoms with van der Waals surface area (Å²) in [4.78, 5) is 0. The maximum absolute atomic E-state index is 13.3. The summed E-state index contributed by atoms with van der Waals surface area (Å²) in [6.45, 7) is 3.87. The molecule has 3 rings (SSSR count). The van der Waals surface area contributed by atoms with Gasteiger partial charge < -0.3 is 0 Å². The minimum absolute atomic E-state index is 0.231. The fourth-order valence-electron chi connectivity index (χ4n) is 3.36. The number of allylic oxidation sites excluding steroid dienone is 2. The monoisotopic (exact) mass is 464 g/mol. The number of alkyl halides is 6. The molecule has 2 aromatic carbocycles. The molecule has 0 unspecified atom stereocenters. The molecule has 0 saturated heterocycles. The number of hydrogen-bond donors (Lipinski definition) is 0. The van der Waals surface area contributed by atoms with E-state index >= 15 is 0 Å². The van der Waals surface area contributed by atoms with Crippen LogP contribution in [0.25, 0.3) is 0 Å². The van der Waals surface area contributed by atoms with Gasteiger partial charge in [-0.3, -0.25) is 0 Å². The molecule has 0 bridgehead atoms. The third kappa shape index (κ3) is 4.01. The summed E-state index contributed by atoms with van der Waals surface area (Å²) in [5.41, 5.74) is 1.46. The van der Waals surface area contributed by atoms with E-state index in [0.717, 1.165) is 35.4 Å². The molecule has 0 aromatic heterocycles. The van der Waals surface area contributed by atoms with Crippen molar-refractivity contribution in [1.82, 2.24) is 0 Å². The van der Waals surface area contributed by atoms with E-state index in [1.54, 1.807) is 12.1 Å². The molecule has 0 amide bonds. The number of halogens is 6. The van der Waals surface area contributed by atoms with E-state index in [1.807, 2.05) is 13.8 Å². The second-order valence-corrected chi connectivity index (χ2v) is 9.68. The van der Waals surface area contributed by atoms with Crippen LogP contribution < -0.4 is 0 Å². The Morgan fingerprint density at radius 2 is 1.21 bits per heavy atom. The Bertz CT molecular complexity index is 850. The summed E-state index contributed by atoms with van der Waals surface area (Å²) in [5, 5.41) is 0.686. The summed E-state index contributed by atoms with van der Waals surface area (Å²) in [7, 11) is 0. The Hall–Kier alpha value is -1.72. The topological polar surface area (TPSA) is 0 Å². The molecule has 0 atom stereocenters. The van der Waals surface area contributed by atoms with E-state index in [2.05, 4.69) is 0 Å². The van der Waals surface area contributed by atoms with Crippen LogP contribution in [0.5, 0.6) is 0 Å². The van der Waals surface area contributed by atoms with Crippen molar-refractivity contribution in [3.63, 3.8) is 0 Å². The van der Waals surface area contributed by atoms with Gasteiger partial charge >= 0.3 is 165 Å². The average Bonchev–Trinajstić information content (AvgIpc) is 2.63. The number of rotatable bonds is 2. The van der Waals surface area contributed by atoms with Crippen LogP contribution in [0.1, 0.15) is 42.5 Å². The van der Waals surface area contributed by atoms with Crippen LogP contribution in [0, 0.1) is 0 Å². The van der Waals surface area contributed by atoms with E-state index in [4.69, 9.17) is 0 Å². The summed E-state index contributed by atoms with van der Waals surface area (Å²) in [6, 6.07) is 10.1. The first-order valence-corrected chi connectivity index (χ1v) is 10.6. The van der Waals surface area contributed by atoms with Crippen LogP contribution in [0.2, 0.25) is 5.32 Å². The van der Waals surface area contributed by atoms with Crippen molar-refractivity contribution in [3.05, 3.63) is 81.9 Å². The molecule has 0 N–H and O–H groups in total. The predicted molar refractivity (Wildman–Crippen MR) is 97.2 cm³/mol. The first-order valence-electron chi connectivity index (χ1n) is 8.58. The van der Waals surface area contributed by atoms with Crippen molar-refractivity contribution in [2.75, 3.05) is 0 Å². The first-order chi connectivity index (χ1) is 12.9. The molecule has 0 saturated carbocycles. The molecular weight excluding hydrogens is 445 g/mol. The van der Waals surface area contributed by atoms with Crippen LogP contribution in [0.3, 0.4) is 0 Å². The minimum atomic E-state index is -4.51. The Morgan fingerprint density at radius 1 is 0.750 bits per heavy atom. The van der Waals surface area contributed by atoms with E-state index < -0.39 is 27.8 Å². The quantitative estimate of drug-likeness (QED) is 0.260. The fourth-order valence-corrected chi connectivity index (χ4v) is 6.75. The van der Waals surface area contributed by atoms with Crippen molar-refractivity contribution in [1.29, 1.82) is 0 Å². The Morgan fingerprint density at radius 3 is 1.61 bits per heavy atom. The van der Waals surface area contributed by atoms with Crippen LogP contribution >= 0.6 is 0 Å². The standard InChI is InChI=1S/C21H18F6Se/c1-13-11-19(28-12-14(13)2,15-5-3-7-17(9-15)20(22,23)24)16-6-4-8-18(10-16)21(25,26)27/h3-10H,11-12H2,1-2H3. The third-order valence-corrected chi connectivity index (χ3v) is 8.63. The molecule has 0 spiro atoms. The Labute approximate surface area is 165 Å². The molecular formula is C21H18F6Se. The van der Waals surface area contributed by atoms with Gasteiger partial charge in [-0.1, -0.05) is 0 Å². The van der Waals surface area contributed by atoms with Crippen molar-refractivity contribution < 1.29 is 26.3 Å². The molecule has 1 heterocycles. The van der Waals surface area contributed by atoms with Gasteiger partial charge in [0.1, 0.15) is 0 Å². The van der Waals surface area contributed by atoms with Gasteiger partial charge in [0.25, 0.3) is 0 Å². The molecule has 7 heteroatoms. The molecule has 0 nitrogen and oxygen atoms in total. The molecule has 1 aliphatic rings. The summed E-state index contributed by atoms with van der Waals surface area (Å²) in [6.07, 6.45) is -8.59. The Kier molecular flexibility index (Phi) is 5.45. The van der Waals surface area contributed by atoms with Crippen LogP contribution in [-0.4, -0.2) is 15.0 Å². The van der Waals surface area contributed by atoms with Crippen LogP contribution in [-0.2, 0) is 16.7 Å². The number of benzene rings is 2. The Balaban J connectivity index is 2.22. The zero-order chi connectivity index (χ0) is 20.7. The van der Waals surface area contributed by atoms with Crippen molar-refractivity contribution >= 4 is 15.0 Å². The van der Waals surface area contributed by atoms with Gasteiger partial charge in [-0.15, -0.1) is 0 Å². The summed E-state index contributed by atoms with van der Waals surface area (Å²) < 4.78 is 78.7. The van der Waals surface area contributed by atoms with Crippen molar-refractivity contribution in [2.24, 2.45) is 0 Å². The molecule has 0 fully saturated rings. The van der Waals surface area contributed by atoms with Gasteiger partial charge in [0.15, 0.2) is 0 Å². The number of hydrogen-bond acceptors (Lipinski definition) is 0. The molecule has 0 radical (unpaired) electrons. The van der Waals surface area contributed by atoms with Gasteiger partial charge in [-0.2, -0.15) is 0 Å². The van der Waals surface area contributed by atoms with Crippen LogP contribution in [0.15, 0.2) is 59.7 Å². The van der Waals surface area contributed by atoms with Gasteiger partial charge in [-0.25, -0.2) is 0 Å². The zero-order valence-corrected chi connectivity index (χ0v) is 16.9. The second-order valence-electron chi connectivity index (χ2n) is 7.01. The normalized spacial score (nSPS) is 17.7. The van der Waals surface area contributed by atoms with Crippen molar-refractivity contribution in [2.45, 2.75) is 42.3 Å². The van der Waals surface area contributed by atoms with Gasteiger partial charge in [0.05, 0.1) is 0 Å². The first kappa shape index (κ1) is 21.0. The van der Waals surface area contributed by atoms with Crippen molar-refractivity contribution in [3.8, 4) is 0 Å². The van der Waals surface area contributed by atoms with Gasteiger partial charge in [0, 0.05) is 0 Å². The molecule has 28 heavy (non-hydrogen) atoms. The maximum atomic E-state index is 13.3. The van der Waals surface area contributed by atoms with E-state index in [-0.39, 0.29) is 15.0 Å². The van der Waals surface area contributed by atoms with Gasteiger partial charge in [-0.05, 0) is 0 Å². The molecule has 1 aliphatic heterocycles. The fraction of sp³-hybridized carbons (Fsp3) is 0.333. The average molecular weight is 463 g/mol. The van der Waals surface area contributed by atoms with E-state index in [1.165, 1.54) is 12.1 Å². The summed E-state index contributed by atoms with van der Waals surface area (Å²) >= 11 is -0.231. The predicted octanol–water partition coefficient (Wildman–Crippen LogP) is 6.83. The zero-order valence-electron chi connectivity index (χ0n) is 15.2. The summed E-state index contributed by atoms with van der Waals surface area (Å²) in [5.74, 6) is 0. The van der Waals surface area contributed by atoms with Crippen LogP contribution in [0.4, 0.5) is 26.3 Å². The van der Waals surface area contributed by atoms with E-state index in [0.29, 0.717) is 22.9 Å². The third-order valence-electron chi connectivity index (χ3n) is 5.09. The second kappa shape index (κ2) is 7.27. The molecule has 150 valence electrons. The van der Waals surface area contributed by atoms with E-state index in [9.17, 15) is 26.3 Å².